The Balaban J connectivity index is 0.00000261. The highest BCUT2D eigenvalue weighted by molar-refractivity contribution is 7.22. The van der Waals surface area contributed by atoms with Crippen molar-refractivity contribution in [2.75, 3.05) is 38.2 Å². The number of nitrogens with zero attached hydrogens (tertiary/aromatic N) is 3. The lowest BCUT2D eigenvalue weighted by molar-refractivity contribution is 0.0957. The Labute approximate surface area is 169 Å². The number of carbonyl (C=O) groups excluding carboxylic acids is 1. The normalized spacial score (nSPS) is 10.8. The smallest absolute Gasteiger partial charge is 0.295 e. The number of benzene rings is 1. The lowest BCUT2D eigenvalue weighted by Gasteiger charge is -2.24. The zero-order chi connectivity index (χ0) is 18.5. The van der Waals surface area contributed by atoms with E-state index in [2.05, 4.69) is 23.7 Å². The molecule has 0 fully saturated rings. The molecule has 0 saturated heterocycles. The highest BCUT2D eigenvalue weighted by atomic mass is 35.5. The molecule has 6 nitrogen and oxygen atoms in total. The summed E-state index contributed by atoms with van der Waals surface area (Å²) in [5.41, 5.74) is 0.773. The van der Waals surface area contributed by atoms with Crippen molar-refractivity contribution in [2.45, 2.75) is 13.8 Å². The van der Waals surface area contributed by atoms with E-state index >= 15 is 0 Å². The topological polar surface area (TPSA) is 58.8 Å². The quantitative estimate of drug-likeness (QED) is 0.554. The van der Waals surface area contributed by atoms with Crippen LogP contribution in [0.2, 0.25) is 0 Å². The molecular formula is C19H24ClN3O3S. The van der Waals surface area contributed by atoms with Crippen LogP contribution in [0.4, 0.5) is 5.13 Å². The molecule has 1 aromatic carbocycles. The molecule has 2 heterocycles. The van der Waals surface area contributed by atoms with Crippen LogP contribution in [0.1, 0.15) is 24.4 Å². The molecule has 0 bridgehead atoms. The summed E-state index contributed by atoms with van der Waals surface area (Å²) in [6.07, 6.45) is 1.51. The average Bonchev–Trinajstić information content (AvgIpc) is 3.34. The first kappa shape index (κ1) is 21.2. The predicted molar refractivity (Wildman–Crippen MR) is 112 cm³/mol. The van der Waals surface area contributed by atoms with Crippen LogP contribution in [-0.4, -0.2) is 49.1 Å². The van der Waals surface area contributed by atoms with Gasteiger partial charge in [0.1, 0.15) is 11.3 Å². The lowest BCUT2D eigenvalue weighted by Crippen LogP contribution is -2.38. The summed E-state index contributed by atoms with van der Waals surface area (Å²) in [6.45, 7) is 7.42. The third-order valence-electron chi connectivity index (χ3n) is 4.33. The van der Waals surface area contributed by atoms with E-state index < -0.39 is 0 Å². The van der Waals surface area contributed by atoms with Gasteiger partial charge >= 0.3 is 0 Å². The number of fused-ring (bicyclic) bond motifs is 1. The average molecular weight is 410 g/mol. The van der Waals surface area contributed by atoms with Crippen molar-refractivity contribution in [3.63, 3.8) is 0 Å². The van der Waals surface area contributed by atoms with Crippen molar-refractivity contribution in [1.29, 1.82) is 0 Å². The molecule has 0 unspecified atom stereocenters. The van der Waals surface area contributed by atoms with Gasteiger partial charge in [0.15, 0.2) is 10.9 Å². The van der Waals surface area contributed by atoms with Crippen LogP contribution in [0, 0.1) is 0 Å². The number of aromatic nitrogens is 1. The van der Waals surface area contributed by atoms with Gasteiger partial charge < -0.3 is 14.1 Å². The number of halogens is 1. The Hall–Kier alpha value is -2.09. The maximum Gasteiger partial charge on any atom is 0.295 e. The largest absolute Gasteiger partial charge is 0.494 e. The van der Waals surface area contributed by atoms with Crippen molar-refractivity contribution in [1.82, 2.24) is 9.88 Å². The van der Waals surface area contributed by atoms with Crippen LogP contribution >= 0.6 is 23.7 Å². The Kier molecular flexibility index (Phi) is 7.65. The molecule has 0 N–H and O–H groups in total. The third kappa shape index (κ3) is 4.61. The maximum absolute atomic E-state index is 13.0. The number of hydrogen-bond acceptors (Lipinski definition) is 6. The van der Waals surface area contributed by atoms with Gasteiger partial charge in [0.05, 0.1) is 18.1 Å². The Morgan fingerprint density at radius 3 is 2.59 bits per heavy atom. The second kappa shape index (κ2) is 9.73. The molecule has 0 spiro atoms. The summed E-state index contributed by atoms with van der Waals surface area (Å²) in [7, 11) is 1.62. The van der Waals surface area contributed by atoms with E-state index in [1.165, 1.54) is 17.6 Å². The standard InChI is InChI=1S/C19H23N3O3S.ClH/c1-4-21(5-2)11-12-22(18(23)15-9-7-13-25-15)19-20-17-14(24-3)8-6-10-16(17)26-19;/h6-10,13H,4-5,11-12H2,1-3H3;1H. The van der Waals surface area contributed by atoms with Crippen molar-refractivity contribution >= 4 is 45.0 Å². The molecule has 27 heavy (non-hydrogen) atoms. The van der Waals surface area contributed by atoms with Crippen LogP contribution in [0.15, 0.2) is 41.0 Å². The van der Waals surface area contributed by atoms with E-state index in [9.17, 15) is 4.79 Å². The number of rotatable bonds is 8. The zero-order valence-corrected chi connectivity index (χ0v) is 17.3. The summed E-state index contributed by atoms with van der Waals surface area (Å²) in [5.74, 6) is 0.843. The van der Waals surface area contributed by atoms with Gasteiger partial charge in [0, 0.05) is 13.1 Å². The summed E-state index contributed by atoms with van der Waals surface area (Å²) in [4.78, 5) is 21.6. The van der Waals surface area contributed by atoms with E-state index in [0.717, 1.165) is 29.9 Å². The van der Waals surface area contributed by atoms with Crippen LogP contribution in [0.5, 0.6) is 5.75 Å². The summed E-state index contributed by atoms with van der Waals surface area (Å²) in [6, 6.07) is 9.19. The minimum atomic E-state index is -0.180. The number of anilines is 1. The van der Waals surface area contributed by atoms with Gasteiger partial charge in [-0.05, 0) is 37.4 Å². The summed E-state index contributed by atoms with van der Waals surface area (Å²) in [5, 5.41) is 0.651. The molecule has 0 aliphatic carbocycles. The van der Waals surface area contributed by atoms with Gasteiger partial charge in [-0.2, -0.15) is 0 Å². The molecule has 0 saturated carbocycles. The van der Waals surface area contributed by atoms with Crippen LogP contribution in [0.25, 0.3) is 10.2 Å². The molecule has 0 aliphatic heterocycles. The van der Waals surface area contributed by atoms with E-state index in [4.69, 9.17) is 9.15 Å². The molecule has 1 amide bonds. The number of carbonyl (C=O) groups is 1. The number of amides is 1. The van der Waals surface area contributed by atoms with Crippen LogP contribution in [0.3, 0.4) is 0 Å². The van der Waals surface area contributed by atoms with Gasteiger partial charge in [-0.15, -0.1) is 12.4 Å². The monoisotopic (exact) mass is 409 g/mol. The number of methoxy groups -OCH3 is 1. The maximum atomic E-state index is 13.0. The second-order valence-electron chi connectivity index (χ2n) is 5.76. The molecule has 3 aromatic rings. The Bertz CT molecular complexity index is 862. The zero-order valence-electron chi connectivity index (χ0n) is 15.7. The van der Waals surface area contributed by atoms with Crippen molar-refractivity contribution in [3.05, 3.63) is 42.4 Å². The van der Waals surface area contributed by atoms with Crippen molar-refractivity contribution in [2.24, 2.45) is 0 Å². The predicted octanol–water partition coefficient (Wildman–Crippen LogP) is 4.31. The molecule has 0 aliphatic rings. The molecule has 146 valence electrons. The molecular weight excluding hydrogens is 386 g/mol. The van der Waals surface area contributed by atoms with E-state index in [0.29, 0.717) is 23.2 Å². The molecule has 8 heteroatoms. The molecule has 0 atom stereocenters. The minimum absolute atomic E-state index is 0. The number of likely N-dealkylation sites (N-methyl/N-ethyl adjacent to an activating group) is 1. The molecule has 2 aromatic heterocycles. The lowest BCUT2D eigenvalue weighted by atomic mass is 10.3. The van der Waals surface area contributed by atoms with Gasteiger partial charge in [-0.25, -0.2) is 4.98 Å². The van der Waals surface area contributed by atoms with Gasteiger partial charge in [0.2, 0.25) is 0 Å². The first-order chi connectivity index (χ1) is 12.7. The molecule has 0 radical (unpaired) electrons. The highest BCUT2D eigenvalue weighted by Gasteiger charge is 2.24. The number of ether oxygens (including phenoxy) is 1. The Morgan fingerprint density at radius 2 is 1.96 bits per heavy atom. The van der Waals surface area contributed by atoms with Crippen molar-refractivity contribution < 1.29 is 13.9 Å². The molecule has 3 rings (SSSR count). The number of furan rings is 1. The van der Waals surface area contributed by atoms with Crippen LogP contribution < -0.4 is 9.64 Å². The van der Waals surface area contributed by atoms with E-state index in [-0.39, 0.29) is 18.3 Å². The first-order valence-electron chi connectivity index (χ1n) is 8.69. The SMILES string of the molecule is CCN(CC)CCN(C(=O)c1ccco1)c1nc2c(OC)cccc2s1.Cl. The Morgan fingerprint density at radius 1 is 1.19 bits per heavy atom. The summed E-state index contributed by atoms with van der Waals surface area (Å²) >= 11 is 1.48. The fourth-order valence-electron chi connectivity index (χ4n) is 2.79. The van der Waals surface area contributed by atoms with E-state index in [1.54, 1.807) is 24.1 Å². The summed E-state index contributed by atoms with van der Waals surface area (Å²) < 4.78 is 11.7. The minimum Gasteiger partial charge on any atom is -0.494 e. The third-order valence-corrected chi connectivity index (χ3v) is 5.38. The fourth-order valence-corrected chi connectivity index (χ4v) is 3.80. The number of para-hydroxylation sites is 1. The number of thiazole rings is 1. The van der Waals surface area contributed by atoms with Gasteiger partial charge in [-0.3, -0.25) is 9.69 Å². The van der Waals surface area contributed by atoms with Crippen LogP contribution in [-0.2, 0) is 0 Å². The van der Waals surface area contributed by atoms with Gasteiger partial charge in [0.25, 0.3) is 5.91 Å². The van der Waals surface area contributed by atoms with Gasteiger partial charge in [-0.1, -0.05) is 31.3 Å². The number of hydrogen-bond donors (Lipinski definition) is 0. The highest BCUT2D eigenvalue weighted by Crippen LogP contribution is 2.34. The fraction of sp³-hybridized carbons (Fsp3) is 0.368. The van der Waals surface area contributed by atoms with E-state index in [1.807, 2.05) is 18.2 Å². The first-order valence-corrected chi connectivity index (χ1v) is 9.50. The van der Waals surface area contributed by atoms with Crippen molar-refractivity contribution in [3.8, 4) is 5.75 Å². The second-order valence-corrected chi connectivity index (χ2v) is 6.77.